The minimum Gasteiger partial charge on any atom is -0.290 e. The van der Waals surface area contributed by atoms with Gasteiger partial charge in [-0.15, -0.1) is 10.6 Å². The second-order valence-electron chi connectivity index (χ2n) is 5.06. The lowest BCUT2D eigenvalue weighted by molar-refractivity contribution is -0.937. The average molecular weight is 294 g/mol. The van der Waals surface area contributed by atoms with Crippen molar-refractivity contribution in [3.63, 3.8) is 0 Å². The Hall–Kier alpha value is -1.56. The van der Waals surface area contributed by atoms with Crippen LogP contribution in [0.15, 0.2) is 41.4 Å². The fourth-order valence-electron chi connectivity index (χ4n) is 2.08. The Morgan fingerprint density at radius 3 is 2.45 bits per heavy atom. The third-order valence-electron chi connectivity index (χ3n) is 3.32. The van der Waals surface area contributed by atoms with Crippen molar-refractivity contribution in [2.45, 2.75) is 31.6 Å². The molecule has 0 radical (unpaired) electrons. The molecule has 3 N–H and O–H groups in total. The minimum absolute atomic E-state index is 0.102. The molecule has 4 nitrogen and oxygen atoms in total. The highest BCUT2D eigenvalue weighted by molar-refractivity contribution is 8.23. The fraction of sp³-hybridized carbons (Fsp3) is 0.267. The molecule has 1 aromatic heterocycles. The van der Waals surface area contributed by atoms with Crippen molar-refractivity contribution < 1.29 is 19.0 Å². The van der Waals surface area contributed by atoms with E-state index in [0.717, 1.165) is 21.4 Å². The highest BCUT2D eigenvalue weighted by atomic mass is 32.3. The van der Waals surface area contributed by atoms with Gasteiger partial charge < -0.3 is 0 Å². The molecule has 0 aliphatic carbocycles. The molecule has 2 rings (SSSR count). The minimum atomic E-state index is -3.09. The lowest BCUT2D eigenvalue weighted by Crippen LogP contribution is -2.39. The molecule has 0 unspecified atom stereocenters. The van der Waals surface area contributed by atoms with E-state index in [1.54, 1.807) is 19.1 Å². The topological polar surface area (TPSA) is 64.6 Å². The zero-order valence-corrected chi connectivity index (χ0v) is 12.7. The van der Waals surface area contributed by atoms with Gasteiger partial charge in [-0.25, -0.2) is 0 Å². The van der Waals surface area contributed by atoms with Gasteiger partial charge in [0.1, 0.15) is 0 Å². The second-order valence-corrected chi connectivity index (χ2v) is 7.10. The smallest absolute Gasteiger partial charge is 0.290 e. The standard InChI is InChI=1S/C15H19NO3S/c1-11-7-8-12(2)14(9-11)10-20(18,19)15-6-4-5-13(3)16(15)17/h4-9H,10H2,1-3H3,(H2-,17,18,19)/p+1. The molecular formula is C15H20NO3S+. The van der Waals surface area contributed by atoms with E-state index in [9.17, 15) is 14.3 Å². The maximum absolute atomic E-state index is 10.4. The van der Waals surface area contributed by atoms with Gasteiger partial charge >= 0.3 is 5.03 Å². The normalized spacial score (nSPS) is 12.4. The van der Waals surface area contributed by atoms with Crippen molar-refractivity contribution in [3.05, 3.63) is 58.8 Å². The van der Waals surface area contributed by atoms with Crippen LogP contribution in [0.2, 0.25) is 0 Å². The van der Waals surface area contributed by atoms with Crippen molar-refractivity contribution >= 4 is 10.6 Å². The summed E-state index contributed by atoms with van der Waals surface area (Å²) in [5, 5.41) is 10.1. The molecule has 0 spiro atoms. The number of hydrogen-bond donors (Lipinski definition) is 3. The van der Waals surface area contributed by atoms with Crippen LogP contribution in [0.25, 0.3) is 0 Å². The molecule has 1 aromatic carbocycles. The van der Waals surface area contributed by atoms with Crippen LogP contribution in [0.3, 0.4) is 0 Å². The first-order chi connectivity index (χ1) is 9.31. The van der Waals surface area contributed by atoms with Crippen LogP contribution in [-0.4, -0.2) is 14.3 Å². The SMILES string of the molecule is Cc1ccc(C)c(CS(O)(O)c2cccc(C)[n+]2O)c1. The summed E-state index contributed by atoms with van der Waals surface area (Å²) >= 11 is 0. The number of pyridine rings is 1. The van der Waals surface area contributed by atoms with E-state index in [1.165, 1.54) is 6.07 Å². The van der Waals surface area contributed by atoms with Crippen LogP contribution in [-0.2, 0) is 5.75 Å². The first kappa shape index (κ1) is 14.8. The molecule has 0 bridgehead atoms. The van der Waals surface area contributed by atoms with Crippen LogP contribution in [0.1, 0.15) is 22.4 Å². The number of hydrogen-bond acceptors (Lipinski definition) is 3. The molecule has 0 atom stereocenters. The van der Waals surface area contributed by atoms with Gasteiger partial charge in [-0.3, -0.25) is 14.3 Å². The monoisotopic (exact) mass is 294 g/mol. The van der Waals surface area contributed by atoms with E-state index >= 15 is 0 Å². The van der Waals surface area contributed by atoms with Gasteiger partial charge in [0.05, 0.1) is 5.75 Å². The molecule has 5 heteroatoms. The summed E-state index contributed by atoms with van der Waals surface area (Å²) in [4.78, 5) is 0. The molecule has 0 amide bonds. The molecular weight excluding hydrogens is 274 g/mol. The molecule has 0 saturated carbocycles. The van der Waals surface area contributed by atoms with E-state index in [4.69, 9.17) is 0 Å². The van der Waals surface area contributed by atoms with Crippen LogP contribution in [0.5, 0.6) is 0 Å². The maximum Gasteiger partial charge on any atom is 0.345 e. The van der Waals surface area contributed by atoms with Gasteiger partial charge in [-0.05, 0) is 31.0 Å². The van der Waals surface area contributed by atoms with Gasteiger partial charge in [0.15, 0.2) is 0 Å². The Balaban J connectivity index is 2.40. The van der Waals surface area contributed by atoms with Crippen molar-refractivity contribution in [1.29, 1.82) is 0 Å². The van der Waals surface area contributed by atoms with Crippen LogP contribution < -0.4 is 4.73 Å². The Bertz CT molecular complexity index is 641. The summed E-state index contributed by atoms with van der Waals surface area (Å²) in [6, 6.07) is 10.8. The van der Waals surface area contributed by atoms with Crippen LogP contribution >= 0.6 is 10.6 Å². The summed E-state index contributed by atoms with van der Waals surface area (Å²) in [6.07, 6.45) is 0. The Labute approximate surface area is 120 Å². The lowest BCUT2D eigenvalue weighted by atomic mass is 10.1. The number of benzene rings is 1. The lowest BCUT2D eigenvalue weighted by Gasteiger charge is -2.28. The fourth-order valence-corrected chi connectivity index (χ4v) is 3.69. The summed E-state index contributed by atoms with van der Waals surface area (Å²) in [5.74, 6) is 0.102. The molecule has 108 valence electrons. The van der Waals surface area contributed by atoms with Gasteiger partial charge in [0.2, 0.25) is 5.69 Å². The van der Waals surface area contributed by atoms with E-state index < -0.39 is 10.6 Å². The number of aryl methyl sites for hydroxylation is 3. The van der Waals surface area contributed by atoms with E-state index in [1.807, 2.05) is 32.0 Å². The van der Waals surface area contributed by atoms with E-state index in [2.05, 4.69) is 0 Å². The van der Waals surface area contributed by atoms with Gasteiger partial charge in [0, 0.05) is 23.8 Å². The molecule has 20 heavy (non-hydrogen) atoms. The molecule has 2 aromatic rings. The van der Waals surface area contributed by atoms with Crippen molar-refractivity contribution in [2.75, 3.05) is 0 Å². The highest BCUT2D eigenvalue weighted by Crippen LogP contribution is 2.49. The maximum atomic E-state index is 10.4. The zero-order chi connectivity index (χ0) is 14.9. The number of rotatable bonds is 3. The molecule has 0 aliphatic rings. The first-order valence-corrected chi connectivity index (χ1v) is 8.06. The predicted molar refractivity (Wildman–Crippen MR) is 79.3 cm³/mol. The van der Waals surface area contributed by atoms with Gasteiger partial charge in [0.25, 0.3) is 0 Å². The zero-order valence-electron chi connectivity index (χ0n) is 11.9. The Morgan fingerprint density at radius 2 is 1.75 bits per heavy atom. The highest BCUT2D eigenvalue weighted by Gasteiger charge is 2.29. The van der Waals surface area contributed by atoms with E-state index in [0.29, 0.717) is 5.69 Å². The number of nitrogens with zero attached hydrogens (tertiary/aromatic N) is 1. The van der Waals surface area contributed by atoms with Crippen molar-refractivity contribution in [1.82, 2.24) is 0 Å². The Morgan fingerprint density at radius 1 is 1.05 bits per heavy atom. The van der Waals surface area contributed by atoms with Gasteiger partial charge in [-0.2, -0.15) is 0 Å². The summed E-state index contributed by atoms with van der Waals surface area (Å²) in [6.45, 7) is 5.61. The third kappa shape index (κ3) is 2.95. The second kappa shape index (κ2) is 5.44. The summed E-state index contributed by atoms with van der Waals surface area (Å²) < 4.78 is 21.7. The summed E-state index contributed by atoms with van der Waals surface area (Å²) in [7, 11) is -3.09. The largest absolute Gasteiger partial charge is 0.345 e. The molecule has 0 aliphatic heterocycles. The van der Waals surface area contributed by atoms with Gasteiger partial charge in [-0.1, -0.05) is 23.8 Å². The van der Waals surface area contributed by atoms with Crippen molar-refractivity contribution in [3.8, 4) is 0 Å². The van der Waals surface area contributed by atoms with Crippen LogP contribution in [0.4, 0.5) is 0 Å². The predicted octanol–water partition coefficient (Wildman–Crippen LogP) is 3.45. The van der Waals surface area contributed by atoms with Crippen molar-refractivity contribution in [2.24, 2.45) is 0 Å². The number of aromatic nitrogens is 1. The quantitative estimate of drug-likeness (QED) is 0.600. The third-order valence-corrected chi connectivity index (χ3v) is 5.01. The summed E-state index contributed by atoms with van der Waals surface area (Å²) in [5.41, 5.74) is 3.52. The Kier molecular flexibility index (Phi) is 4.04. The molecule has 0 saturated heterocycles. The van der Waals surface area contributed by atoms with Crippen LogP contribution in [0, 0.1) is 20.8 Å². The molecule has 1 heterocycles. The molecule has 0 fully saturated rings. The average Bonchev–Trinajstić information content (AvgIpc) is 2.36. The van der Waals surface area contributed by atoms with E-state index in [-0.39, 0.29) is 10.8 Å². The first-order valence-electron chi connectivity index (χ1n) is 6.34.